The molecule has 7 heteroatoms. The van der Waals surface area contributed by atoms with Crippen molar-refractivity contribution in [2.24, 2.45) is 0 Å². The minimum absolute atomic E-state index is 0.0981. The third kappa shape index (κ3) is 5.08. The van der Waals surface area contributed by atoms with Crippen molar-refractivity contribution in [3.05, 3.63) is 79.7 Å². The van der Waals surface area contributed by atoms with Gasteiger partial charge in [-0.1, -0.05) is 30.3 Å². The molecular formula is C28H33N3O2S2. The zero-order valence-electron chi connectivity index (χ0n) is 20.5. The lowest BCUT2D eigenvalue weighted by molar-refractivity contribution is -0.138. The molecule has 0 unspecified atom stereocenters. The highest BCUT2D eigenvalue weighted by Gasteiger charge is 2.37. The summed E-state index contributed by atoms with van der Waals surface area (Å²) in [4.78, 5) is 35.5. The van der Waals surface area contributed by atoms with Gasteiger partial charge >= 0.3 is 0 Å². The highest BCUT2D eigenvalue weighted by molar-refractivity contribution is 7.10. The Morgan fingerprint density at radius 2 is 1.71 bits per heavy atom. The minimum atomic E-state index is -0.221. The average molecular weight is 508 g/mol. The van der Waals surface area contributed by atoms with Gasteiger partial charge in [0.15, 0.2) is 0 Å². The van der Waals surface area contributed by atoms with Gasteiger partial charge in [-0.05, 0) is 66.3 Å². The lowest BCUT2D eigenvalue weighted by Gasteiger charge is -2.41. The van der Waals surface area contributed by atoms with Crippen LogP contribution in [0.5, 0.6) is 0 Å². The van der Waals surface area contributed by atoms with Crippen LogP contribution in [-0.2, 0) is 22.4 Å². The maximum Gasteiger partial charge on any atom is 0.239 e. The number of thiophene rings is 2. The van der Waals surface area contributed by atoms with Crippen LogP contribution < -0.4 is 0 Å². The Balaban J connectivity index is 1.30. The van der Waals surface area contributed by atoms with Gasteiger partial charge in [-0.3, -0.25) is 14.5 Å². The number of nitrogens with zero attached hydrogens (tertiary/aromatic N) is 3. The summed E-state index contributed by atoms with van der Waals surface area (Å²) < 4.78 is 0. The first-order valence-electron chi connectivity index (χ1n) is 12.5. The predicted molar refractivity (Wildman–Crippen MR) is 143 cm³/mol. The summed E-state index contributed by atoms with van der Waals surface area (Å²) in [6.07, 6.45) is 2.26. The van der Waals surface area contributed by atoms with Crippen LogP contribution in [-0.4, -0.2) is 65.3 Å². The number of carbonyl (C=O) groups excluding carboxylic acids is 2. The van der Waals surface area contributed by atoms with Crippen molar-refractivity contribution in [1.82, 2.24) is 14.7 Å². The predicted octanol–water partition coefficient (Wildman–Crippen LogP) is 4.76. The number of hydrogen-bond donors (Lipinski definition) is 0. The molecule has 5 rings (SSSR count). The normalized spacial score (nSPS) is 19.8. The SMILES string of the molecule is Cc1ccccc1[C@@H]1c2ccsc2CCN1[C@H](C)C(=O)N1CCCN(C(=O)Cc2cccs2)CC1. The van der Waals surface area contributed by atoms with E-state index in [1.54, 1.807) is 11.3 Å². The molecule has 0 radical (unpaired) electrons. The fourth-order valence-corrected chi connectivity index (χ4v) is 7.06. The molecule has 2 aromatic heterocycles. The molecule has 0 saturated carbocycles. The van der Waals surface area contributed by atoms with Gasteiger partial charge in [-0.25, -0.2) is 0 Å². The zero-order valence-corrected chi connectivity index (χ0v) is 22.1. The maximum atomic E-state index is 13.8. The van der Waals surface area contributed by atoms with Crippen molar-refractivity contribution in [2.75, 3.05) is 32.7 Å². The van der Waals surface area contributed by atoms with E-state index in [1.165, 1.54) is 21.6 Å². The molecule has 5 nitrogen and oxygen atoms in total. The van der Waals surface area contributed by atoms with E-state index in [0.29, 0.717) is 26.1 Å². The largest absolute Gasteiger partial charge is 0.341 e. The molecule has 0 bridgehead atoms. The van der Waals surface area contributed by atoms with Crippen molar-refractivity contribution in [3.63, 3.8) is 0 Å². The molecule has 3 aromatic rings. The highest BCUT2D eigenvalue weighted by atomic mass is 32.1. The monoisotopic (exact) mass is 507 g/mol. The molecule has 35 heavy (non-hydrogen) atoms. The van der Waals surface area contributed by atoms with Crippen LogP contribution in [0.25, 0.3) is 0 Å². The number of benzene rings is 1. The Morgan fingerprint density at radius 1 is 0.914 bits per heavy atom. The van der Waals surface area contributed by atoms with E-state index < -0.39 is 0 Å². The summed E-state index contributed by atoms with van der Waals surface area (Å²) in [7, 11) is 0. The van der Waals surface area contributed by atoms with Gasteiger partial charge in [0.2, 0.25) is 11.8 Å². The summed E-state index contributed by atoms with van der Waals surface area (Å²) in [5.74, 6) is 0.338. The van der Waals surface area contributed by atoms with E-state index in [4.69, 9.17) is 0 Å². The van der Waals surface area contributed by atoms with Gasteiger partial charge in [0, 0.05) is 42.5 Å². The molecule has 0 aliphatic carbocycles. The number of hydrogen-bond acceptors (Lipinski definition) is 5. The lowest BCUT2D eigenvalue weighted by Crippen LogP contribution is -2.51. The highest BCUT2D eigenvalue weighted by Crippen LogP contribution is 2.40. The second-order valence-corrected chi connectivity index (χ2v) is 11.6. The first-order valence-corrected chi connectivity index (χ1v) is 14.3. The summed E-state index contributed by atoms with van der Waals surface area (Å²) in [5, 5.41) is 4.19. The van der Waals surface area contributed by atoms with Crippen LogP contribution >= 0.6 is 22.7 Å². The maximum absolute atomic E-state index is 13.8. The van der Waals surface area contributed by atoms with E-state index in [9.17, 15) is 9.59 Å². The number of amides is 2. The van der Waals surface area contributed by atoms with Crippen molar-refractivity contribution < 1.29 is 9.59 Å². The Kier molecular flexibility index (Phi) is 7.37. The number of carbonyl (C=O) groups is 2. The standard InChI is InChI=1S/C28H33N3O2S2/c1-20-7-3-4-9-23(20)27-24-11-18-35-25(24)10-14-31(27)21(2)28(33)30-13-6-12-29(15-16-30)26(32)19-22-8-5-17-34-22/h3-5,7-9,11,17-18,21,27H,6,10,12-16,19H2,1-2H3/t21-,27-/m1/s1. The van der Waals surface area contributed by atoms with Crippen molar-refractivity contribution in [2.45, 2.75) is 45.2 Å². The Labute approximate surface area is 216 Å². The smallest absolute Gasteiger partial charge is 0.239 e. The first kappa shape index (κ1) is 24.2. The van der Waals surface area contributed by atoms with Crippen LogP contribution in [0.1, 0.15) is 45.8 Å². The van der Waals surface area contributed by atoms with Crippen LogP contribution in [0, 0.1) is 6.92 Å². The van der Waals surface area contributed by atoms with Crippen molar-refractivity contribution >= 4 is 34.5 Å². The number of rotatable bonds is 5. The molecule has 2 aliphatic rings. The van der Waals surface area contributed by atoms with Gasteiger partial charge in [0.1, 0.15) is 0 Å². The fraction of sp³-hybridized carbons (Fsp3) is 0.429. The van der Waals surface area contributed by atoms with Crippen LogP contribution in [0.3, 0.4) is 0 Å². The van der Waals surface area contributed by atoms with E-state index >= 15 is 0 Å². The van der Waals surface area contributed by atoms with E-state index in [1.807, 2.05) is 38.6 Å². The molecule has 0 N–H and O–H groups in total. The summed E-state index contributed by atoms with van der Waals surface area (Å²) in [6.45, 7) is 7.74. The summed E-state index contributed by atoms with van der Waals surface area (Å²) in [6, 6.07) is 14.7. The molecular weight excluding hydrogens is 474 g/mol. The van der Waals surface area contributed by atoms with Gasteiger partial charge in [-0.15, -0.1) is 22.7 Å². The fourth-order valence-electron chi connectivity index (χ4n) is 5.46. The molecule has 1 aromatic carbocycles. The van der Waals surface area contributed by atoms with Crippen LogP contribution in [0.2, 0.25) is 0 Å². The van der Waals surface area contributed by atoms with E-state index in [2.05, 4.69) is 54.5 Å². The lowest BCUT2D eigenvalue weighted by atomic mass is 9.89. The van der Waals surface area contributed by atoms with Gasteiger partial charge < -0.3 is 9.80 Å². The Morgan fingerprint density at radius 3 is 2.51 bits per heavy atom. The van der Waals surface area contributed by atoms with Crippen LogP contribution in [0.15, 0.2) is 53.2 Å². The quantitative estimate of drug-likeness (QED) is 0.500. The van der Waals surface area contributed by atoms with Crippen molar-refractivity contribution in [3.8, 4) is 0 Å². The third-order valence-corrected chi connectivity index (χ3v) is 9.28. The molecule has 2 aliphatic heterocycles. The van der Waals surface area contributed by atoms with E-state index in [-0.39, 0.29) is 23.9 Å². The molecule has 4 heterocycles. The second-order valence-electron chi connectivity index (χ2n) is 9.54. The summed E-state index contributed by atoms with van der Waals surface area (Å²) >= 11 is 3.45. The van der Waals surface area contributed by atoms with Crippen molar-refractivity contribution in [1.29, 1.82) is 0 Å². The molecule has 184 valence electrons. The Bertz CT molecular complexity index is 1170. The van der Waals surface area contributed by atoms with Crippen LogP contribution in [0.4, 0.5) is 0 Å². The number of aryl methyl sites for hydroxylation is 1. The topological polar surface area (TPSA) is 43.9 Å². The molecule has 1 saturated heterocycles. The third-order valence-electron chi connectivity index (χ3n) is 7.41. The van der Waals surface area contributed by atoms with Gasteiger partial charge in [-0.2, -0.15) is 0 Å². The Hall–Kier alpha value is -2.48. The molecule has 2 atom stereocenters. The molecule has 2 amide bonds. The summed E-state index contributed by atoms with van der Waals surface area (Å²) in [5.41, 5.74) is 3.89. The first-order chi connectivity index (χ1) is 17.0. The minimum Gasteiger partial charge on any atom is -0.341 e. The molecule has 1 fully saturated rings. The van der Waals surface area contributed by atoms with Gasteiger partial charge in [0.25, 0.3) is 0 Å². The second kappa shape index (κ2) is 10.6. The molecule has 0 spiro atoms. The average Bonchev–Trinajstić information content (AvgIpc) is 3.49. The van der Waals surface area contributed by atoms with E-state index in [0.717, 1.165) is 30.8 Å². The van der Waals surface area contributed by atoms with Gasteiger partial charge in [0.05, 0.1) is 18.5 Å². The zero-order chi connectivity index (χ0) is 24.4. The number of fused-ring (bicyclic) bond motifs is 1.